The molecule has 22 heavy (non-hydrogen) atoms. The summed E-state index contributed by atoms with van der Waals surface area (Å²) in [6.07, 6.45) is 1.38. The van der Waals surface area contributed by atoms with Crippen LogP contribution in [0.5, 0.6) is 0 Å². The number of thiazole rings is 1. The molecule has 6 nitrogen and oxygen atoms in total. The molecule has 0 spiro atoms. The maximum atomic E-state index is 12.5. The van der Waals surface area contributed by atoms with Gasteiger partial charge in [0.25, 0.3) is 0 Å². The smallest absolute Gasteiger partial charge is 0.314 e. The van der Waals surface area contributed by atoms with Crippen molar-refractivity contribution in [3.63, 3.8) is 0 Å². The predicted molar refractivity (Wildman–Crippen MR) is 84.0 cm³/mol. The zero-order valence-electron chi connectivity index (χ0n) is 11.4. The minimum atomic E-state index is -0.518. The van der Waals surface area contributed by atoms with Crippen LogP contribution in [0.1, 0.15) is 17.5 Å². The summed E-state index contributed by atoms with van der Waals surface area (Å²) in [5, 5.41) is 1.84. The minimum Gasteiger partial charge on any atom is -0.459 e. The zero-order chi connectivity index (χ0) is 15.7. The van der Waals surface area contributed by atoms with Crippen LogP contribution in [0.2, 0.25) is 5.02 Å². The van der Waals surface area contributed by atoms with Crippen molar-refractivity contribution in [2.24, 2.45) is 0 Å². The van der Waals surface area contributed by atoms with E-state index in [2.05, 4.69) is 10.4 Å². The molecule has 0 unspecified atom stereocenters. The second-order valence-electron chi connectivity index (χ2n) is 4.37. The van der Waals surface area contributed by atoms with E-state index in [9.17, 15) is 9.59 Å². The number of carbonyl (C=O) groups is 2. The fourth-order valence-corrected chi connectivity index (χ4v) is 3.08. The van der Waals surface area contributed by atoms with Crippen molar-refractivity contribution in [3.05, 3.63) is 47.4 Å². The summed E-state index contributed by atoms with van der Waals surface area (Å²) in [4.78, 5) is 28.2. The molecule has 112 valence electrons. The van der Waals surface area contributed by atoms with E-state index >= 15 is 0 Å². The summed E-state index contributed by atoms with van der Waals surface area (Å²) in [5.74, 6) is -0.820. The number of nitrogens with one attached hydrogen (secondary N) is 1. The van der Waals surface area contributed by atoms with Crippen LogP contribution in [-0.2, 0) is 4.79 Å². The Morgan fingerprint density at radius 1 is 1.32 bits per heavy atom. The first-order valence-electron chi connectivity index (χ1n) is 6.26. The third kappa shape index (κ3) is 2.68. The molecule has 0 aliphatic rings. The van der Waals surface area contributed by atoms with Crippen molar-refractivity contribution in [2.45, 2.75) is 6.92 Å². The Morgan fingerprint density at radius 2 is 2.14 bits per heavy atom. The quantitative estimate of drug-likeness (QED) is 0.729. The number of hydrazine groups is 1. The molecule has 0 saturated heterocycles. The summed E-state index contributed by atoms with van der Waals surface area (Å²) in [6.45, 7) is 1.31. The van der Waals surface area contributed by atoms with Gasteiger partial charge >= 0.3 is 5.91 Å². The van der Waals surface area contributed by atoms with Crippen LogP contribution < -0.4 is 10.4 Å². The summed E-state index contributed by atoms with van der Waals surface area (Å²) < 4.78 is 5.90. The number of amides is 2. The van der Waals surface area contributed by atoms with Crippen molar-refractivity contribution in [1.29, 1.82) is 0 Å². The highest BCUT2D eigenvalue weighted by Gasteiger charge is 2.24. The van der Waals surface area contributed by atoms with E-state index in [1.54, 1.807) is 18.2 Å². The molecule has 0 aliphatic carbocycles. The van der Waals surface area contributed by atoms with Crippen molar-refractivity contribution >= 4 is 50.1 Å². The number of benzene rings is 1. The van der Waals surface area contributed by atoms with E-state index in [4.69, 9.17) is 16.0 Å². The molecule has 3 rings (SSSR count). The van der Waals surface area contributed by atoms with Crippen LogP contribution in [-0.4, -0.2) is 16.8 Å². The number of aromatic nitrogens is 1. The molecule has 0 fully saturated rings. The van der Waals surface area contributed by atoms with Crippen LogP contribution in [0.4, 0.5) is 5.13 Å². The maximum Gasteiger partial charge on any atom is 0.314 e. The maximum absolute atomic E-state index is 12.5. The third-order valence-electron chi connectivity index (χ3n) is 2.75. The second kappa shape index (κ2) is 5.78. The summed E-state index contributed by atoms with van der Waals surface area (Å²) in [7, 11) is 0. The van der Waals surface area contributed by atoms with E-state index in [-0.39, 0.29) is 5.76 Å². The molecule has 0 aliphatic heterocycles. The molecule has 1 aromatic carbocycles. The molecule has 3 aromatic rings. The van der Waals surface area contributed by atoms with Gasteiger partial charge in [0.2, 0.25) is 11.0 Å². The monoisotopic (exact) mass is 335 g/mol. The highest BCUT2D eigenvalue weighted by Crippen LogP contribution is 2.32. The number of nitrogens with zero attached hydrogens (tertiary/aromatic N) is 2. The average Bonchev–Trinajstić information content (AvgIpc) is 3.13. The topological polar surface area (TPSA) is 75.4 Å². The Bertz CT molecular complexity index is 844. The van der Waals surface area contributed by atoms with E-state index < -0.39 is 11.8 Å². The number of para-hydroxylation sites is 1. The zero-order valence-corrected chi connectivity index (χ0v) is 12.9. The van der Waals surface area contributed by atoms with Crippen LogP contribution in [0, 0.1) is 0 Å². The van der Waals surface area contributed by atoms with Gasteiger partial charge in [0.05, 0.1) is 16.0 Å². The van der Waals surface area contributed by atoms with Crippen molar-refractivity contribution in [2.75, 3.05) is 5.01 Å². The van der Waals surface area contributed by atoms with Gasteiger partial charge in [-0.2, -0.15) is 5.01 Å². The van der Waals surface area contributed by atoms with E-state index in [1.807, 2.05) is 6.07 Å². The van der Waals surface area contributed by atoms with E-state index in [1.165, 1.54) is 30.6 Å². The molecule has 8 heteroatoms. The Morgan fingerprint density at radius 3 is 2.77 bits per heavy atom. The van der Waals surface area contributed by atoms with Gasteiger partial charge in [-0.15, -0.1) is 0 Å². The van der Waals surface area contributed by atoms with Crippen LogP contribution in [0.25, 0.3) is 10.2 Å². The fraction of sp³-hybridized carbons (Fsp3) is 0.0714. The number of rotatable bonds is 2. The molecule has 0 bridgehead atoms. The first-order chi connectivity index (χ1) is 10.6. The lowest BCUT2D eigenvalue weighted by Gasteiger charge is -2.18. The number of hydrogen-bond donors (Lipinski definition) is 1. The Kier molecular flexibility index (Phi) is 3.82. The van der Waals surface area contributed by atoms with Gasteiger partial charge in [-0.3, -0.25) is 15.0 Å². The lowest BCUT2D eigenvalue weighted by Crippen LogP contribution is -2.45. The number of hydrogen-bond acceptors (Lipinski definition) is 5. The highest BCUT2D eigenvalue weighted by atomic mass is 35.5. The fourth-order valence-electron chi connectivity index (χ4n) is 1.85. The molecule has 2 amide bonds. The van der Waals surface area contributed by atoms with Crippen LogP contribution >= 0.6 is 22.9 Å². The molecular formula is C14H10ClN3O3S. The minimum absolute atomic E-state index is 0.0964. The lowest BCUT2D eigenvalue weighted by molar-refractivity contribution is -0.119. The Balaban J connectivity index is 2.06. The van der Waals surface area contributed by atoms with E-state index in [0.717, 1.165) is 9.71 Å². The summed E-state index contributed by atoms with van der Waals surface area (Å²) >= 11 is 7.34. The first kappa shape index (κ1) is 14.6. The number of carbonyl (C=O) groups excluding carboxylic acids is 2. The highest BCUT2D eigenvalue weighted by molar-refractivity contribution is 7.22. The number of fused-ring (bicyclic) bond motifs is 1. The SMILES string of the molecule is CC(=O)NN(C(=O)c1ccco1)c1nc2c(Cl)cccc2s1. The van der Waals surface area contributed by atoms with E-state index in [0.29, 0.717) is 15.7 Å². The molecule has 1 N–H and O–H groups in total. The lowest BCUT2D eigenvalue weighted by atomic mass is 10.3. The predicted octanol–water partition coefficient (Wildman–Crippen LogP) is 3.24. The molecule has 0 saturated carbocycles. The largest absolute Gasteiger partial charge is 0.459 e. The van der Waals surface area contributed by atoms with Crippen molar-refractivity contribution < 1.29 is 14.0 Å². The van der Waals surface area contributed by atoms with Gasteiger partial charge in [0, 0.05) is 6.92 Å². The second-order valence-corrected chi connectivity index (χ2v) is 5.79. The summed E-state index contributed by atoms with van der Waals surface area (Å²) in [6, 6.07) is 8.45. The van der Waals surface area contributed by atoms with Gasteiger partial charge in [-0.25, -0.2) is 4.98 Å². The number of halogens is 1. The van der Waals surface area contributed by atoms with Crippen LogP contribution in [0.15, 0.2) is 41.0 Å². The van der Waals surface area contributed by atoms with Gasteiger partial charge in [0.15, 0.2) is 5.76 Å². The van der Waals surface area contributed by atoms with Gasteiger partial charge in [0.1, 0.15) is 5.52 Å². The van der Waals surface area contributed by atoms with Gasteiger partial charge < -0.3 is 4.42 Å². The van der Waals surface area contributed by atoms with Crippen molar-refractivity contribution in [1.82, 2.24) is 10.4 Å². The normalized spacial score (nSPS) is 10.6. The standard InChI is InChI=1S/C14H10ClN3O3S/c1-8(19)17-18(13(20)10-5-3-7-21-10)14-16-12-9(15)4-2-6-11(12)22-14/h2-7H,1H3,(H,17,19). The first-order valence-corrected chi connectivity index (χ1v) is 7.46. The summed E-state index contributed by atoms with van der Waals surface area (Å²) in [5.41, 5.74) is 3.03. The van der Waals surface area contributed by atoms with Gasteiger partial charge in [-0.1, -0.05) is 29.0 Å². The molecular weight excluding hydrogens is 326 g/mol. The molecule has 2 heterocycles. The number of furan rings is 1. The molecule has 2 aromatic heterocycles. The Labute approximate surface area is 134 Å². The molecule has 0 atom stereocenters. The van der Waals surface area contributed by atoms with Crippen molar-refractivity contribution in [3.8, 4) is 0 Å². The number of anilines is 1. The third-order valence-corrected chi connectivity index (χ3v) is 4.06. The van der Waals surface area contributed by atoms with Crippen LogP contribution in [0.3, 0.4) is 0 Å². The Hall–Kier alpha value is -2.38. The van der Waals surface area contributed by atoms with Gasteiger partial charge in [-0.05, 0) is 24.3 Å². The molecule has 0 radical (unpaired) electrons. The average molecular weight is 336 g/mol.